The third kappa shape index (κ3) is 6.86. The molecular formula is C20H21N3O2S. The molecule has 3 N–H and O–H groups in total. The molecule has 0 aliphatic carbocycles. The van der Waals surface area contributed by atoms with Crippen molar-refractivity contribution in [1.29, 1.82) is 0 Å². The molecular weight excluding hydrogens is 346 g/mol. The summed E-state index contributed by atoms with van der Waals surface area (Å²) in [7, 11) is 0. The number of hydrogen-bond donors (Lipinski definition) is 3. The van der Waals surface area contributed by atoms with Gasteiger partial charge in [0.15, 0.2) is 5.11 Å². The van der Waals surface area contributed by atoms with Crippen molar-refractivity contribution < 1.29 is 9.59 Å². The van der Waals surface area contributed by atoms with Crippen LogP contribution in [0.15, 0.2) is 60.7 Å². The van der Waals surface area contributed by atoms with Gasteiger partial charge in [0.2, 0.25) is 11.8 Å². The van der Waals surface area contributed by atoms with Gasteiger partial charge in [-0.05, 0) is 54.5 Å². The van der Waals surface area contributed by atoms with E-state index in [1.165, 1.54) is 6.08 Å². The first-order valence-electron chi connectivity index (χ1n) is 8.32. The lowest BCUT2D eigenvalue weighted by Gasteiger charge is -2.09. The van der Waals surface area contributed by atoms with Gasteiger partial charge in [-0.3, -0.25) is 14.9 Å². The summed E-state index contributed by atoms with van der Waals surface area (Å²) in [5.41, 5.74) is 2.37. The van der Waals surface area contributed by atoms with E-state index in [2.05, 4.69) is 16.0 Å². The fourth-order valence-electron chi connectivity index (χ4n) is 2.14. The number of hydrogen-bond acceptors (Lipinski definition) is 3. The Balaban J connectivity index is 1.82. The zero-order valence-corrected chi connectivity index (χ0v) is 15.3. The highest BCUT2D eigenvalue weighted by Crippen LogP contribution is 2.14. The van der Waals surface area contributed by atoms with E-state index in [0.29, 0.717) is 6.42 Å². The molecule has 0 bridgehead atoms. The lowest BCUT2D eigenvalue weighted by Crippen LogP contribution is -2.32. The van der Waals surface area contributed by atoms with Crippen LogP contribution in [0.3, 0.4) is 0 Å². The first-order chi connectivity index (χ1) is 12.6. The van der Waals surface area contributed by atoms with Crippen molar-refractivity contribution in [2.24, 2.45) is 0 Å². The highest BCUT2D eigenvalue weighted by molar-refractivity contribution is 7.80. The molecule has 0 fully saturated rings. The highest BCUT2D eigenvalue weighted by Gasteiger charge is 2.03. The second-order valence-corrected chi connectivity index (χ2v) is 5.97. The van der Waals surface area contributed by atoms with Crippen LogP contribution >= 0.6 is 12.2 Å². The van der Waals surface area contributed by atoms with Gasteiger partial charge in [-0.25, -0.2) is 0 Å². The highest BCUT2D eigenvalue weighted by atomic mass is 32.1. The van der Waals surface area contributed by atoms with Gasteiger partial charge in [-0.2, -0.15) is 0 Å². The largest absolute Gasteiger partial charge is 0.332 e. The Bertz CT molecular complexity index is 786. The van der Waals surface area contributed by atoms with Gasteiger partial charge < -0.3 is 10.6 Å². The van der Waals surface area contributed by atoms with Crippen LogP contribution in [-0.4, -0.2) is 16.9 Å². The quantitative estimate of drug-likeness (QED) is 0.534. The molecule has 26 heavy (non-hydrogen) atoms. The average Bonchev–Trinajstić information content (AvgIpc) is 2.62. The molecule has 134 valence electrons. The maximum absolute atomic E-state index is 11.9. The number of anilines is 2. The summed E-state index contributed by atoms with van der Waals surface area (Å²) in [6.07, 6.45) is 4.44. The third-order valence-electron chi connectivity index (χ3n) is 3.37. The molecule has 2 amide bonds. The fraction of sp³-hybridized carbons (Fsp3) is 0.150. The van der Waals surface area contributed by atoms with Crippen molar-refractivity contribution in [1.82, 2.24) is 5.32 Å². The monoisotopic (exact) mass is 367 g/mol. The van der Waals surface area contributed by atoms with Crippen molar-refractivity contribution in [2.75, 3.05) is 10.6 Å². The molecule has 0 radical (unpaired) electrons. The Morgan fingerprint density at radius 2 is 1.58 bits per heavy atom. The molecule has 0 heterocycles. The van der Waals surface area contributed by atoms with Crippen LogP contribution in [0.25, 0.3) is 6.08 Å². The lowest BCUT2D eigenvalue weighted by molar-refractivity contribution is -0.116. The summed E-state index contributed by atoms with van der Waals surface area (Å²) in [5.74, 6) is -0.323. The second kappa shape index (κ2) is 10.1. The maximum atomic E-state index is 11.9. The van der Waals surface area contributed by atoms with Crippen molar-refractivity contribution in [2.45, 2.75) is 19.8 Å². The van der Waals surface area contributed by atoms with Crippen LogP contribution in [0.1, 0.15) is 25.3 Å². The van der Waals surface area contributed by atoms with Crippen molar-refractivity contribution >= 4 is 46.6 Å². The van der Waals surface area contributed by atoms with E-state index in [1.807, 2.05) is 37.3 Å². The molecule has 6 heteroatoms. The minimum absolute atomic E-state index is 0.0128. The van der Waals surface area contributed by atoms with E-state index in [9.17, 15) is 9.59 Å². The minimum atomic E-state index is -0.310. The number of benzene rings is 2. The molecule has 2 rings (SSSR count). The standard InChI is InChI=1S/C20H21N3O2S/c1-2-6-18(24)21-16-10-12-17(13-11-16)22-20(26)23-19(25)14-9-15-7-4-3-5-8-15/h3-5,7-14H,2,6H2,1H3,(H,21,24)(H2,22,23,25,26)/b14-9+. The maximum Gasteiger partial charge on any atom is 0.250 e. The molecule has 0 aliphatic rings. The topological polar surface area (TPSA) is 70.2 Å². The molecule has 0 aliphatic heterocycles. The number of amides is 2. The first kappa shape index (κ1) is 19.3. The summed E-state index contributed by atoms with van der Waals surface area (Å²) in [4.78, 5) is 23.4. The molecule has 2 aromatic carbocycles. The molecule has 0 saturated heterocycles. The van der Waals surface area contributed by atoms with Crippen LogP contribution in [0.4, 0.5) is 11.4 Å². The number of carbonyl (C=O) groups is 2. The van der Waals surface area contributed by atoms with Gasteiger partial charge in [0.1, 0.15) is 0 Å². The Kier molecular flexibility index (Phi) is 7.51. The molecule has 0 atom stereocenters. The number of thiocarbonyl (C=S) groups is 1. The van der Waals surface area contributed by atoms with Crippen LogP contribution in [-0.2, 0) is 9.59 Å². The molecule has 2 aromatic rings. The summed E-state index contributed by atoms with van der Waals surface area (Å²) in [5, 5.41) is 8.53. The molecule has 5 nitrogen and oxygen atoms in total. The number of nitrogens with one attached hydrogen (secondary N) is 3. The number of carbonyl (C=O) groups excluding carboxylic acids is 2. The van der Waals surface area contributed by atoms with E-state index >= 15 is 0 Å². The van der Waals surface area contributed by atoms with Gasteiger partial charge in [-0.1, -0.05) is 37.3 Å². The third-order valence-corrected chi connectivity index (χ3v) is 3.57. The van der Waals surface area contributed by atoms with Gasteiger partial charge in [0, 0.05) is 23.9 Å². The van der Waals surface area contributed by atoms with E-state index in [0.717, 1.165) is 23.4 Å². The van der Waals surface area contributed by atoms with Crippen LogP contribution in [0.5, 0.6) is 0 Å². The predicted molar refractivity (Wildman–Crippen MR) is 110 cm³/mol. The predicted octanol–water partition coefficient (Wildman–Crippen LogP) is 3.95. The van der Waals surface area contributed by atoms with Crippen molar-refractivity contribution in [3.05, 3.63) is 66.2 Å². The van der Waals surface area contributed by atoms with Crippen molar-refractivity contribution in [3.8, 4) is 0 Å². The zero-order chi connectivity index (χ0) is 18.8. The first-order valence-corrected chi connectivity index (χ1v) is 8.72. The summed E-state index contributed by atoms with van der Waals surface area (Å²) < 4.78 is 0. The Labute approximate surface area is 158 Å². The number of rotatable bonds is 6. The average molecular weight is 367 g/mol. The van der Waals surface area contributed by atoms with Gasteiger partial charge in [-0.15, -0.1) is 0 Å². The Hall–Kier alpha value is -2.99. The molecule has 0 unspecified atom stereocenters. The summed E-state index contributed by atoms with van der Waals surface area (Å²) in [6.45, 7) is 1.96. The van der Waals surface area contributed by atoms with Crippen molar-refractivity contribution in [3.63, 3.8) is 0 Å². The molecule has 0 aromatic heterocycles. The van der Waals surface area contributed by atoms with Gasteiger partial charge in [0.25, 0.3) is 0 Å². The lowest BCUT2D eigenvalue weighted by atomic mass is 10.2. The fourth-order valence-corrected chi connectivity index (χ4v) is 2.36. The Morgan fingerprint density at radius 1 is 0.962 bits per heavy atom. The summed E-state index contributed by atoms with van der Waals surface area (Å²) >= 11 is 5.13. The van der Waals surface area contributed by atoms with Crippen LogP contribution in [0.2, 0.25) is 0 Å². The normalized spacial score (nSPS) is 10.3. The van der Waals surface area contributed by atoms with Gasteiger partial charge >= 0.3 is 0 Å². The van der Waals surface area contributed by atoms with E-state index < -0.39 is 0 Å². The smallest absolute Gasteiger partial charge is 0.250 e. The Morgan fingerprint density at radius 3 is 2.19 bits per heavy atom. The minimum Gasteiger partial charge on any atom is -0.332 e. The summed E-state index contributed by atoms with van der Waals surface area (Å²) in [6, 6.07) is 16.6. The van der Waals surface area contributed by atoms with Crippen LogP contribution < -0.4 is 16.0 Å². The molecule has 0 saturated carbocycles. The van der Waals surface area contributed by atoms with E-state index in [1.54, 1.807) is 30.3 Å². The SMILES string of the molecule is CCCC(=O)Nc1ccc(NC(=S)NC(=O)/C=C/c2ccccc2)cc1. The van der Waals surface area contributed by atoms with Gasteiger partial charge in [0.05, 0.1) is 0 Å². The zero-order valence-electron chi connectivity index (χ0n) is 14.5. The van der Waals surface area contributed by atoms with E-state index in [4.69, 9.17) is 12.2 Å². The van der Waals surface area contributed by atoms with Crippen LogP contribution in [0, 0.1) is 0 Å². The second-order valence-electron chi connectivity index (χ2n) is 5.56. The van der Waals surface area contributed by atoms with E-state index in [-0.39, 0.29) is 16.9 Å². The molecule has 0 spiro atoms.